The molecule has 0 aromatic rings. The zero-order chi connectivity index (χ0) is 24.9. The van der Waals surface area contributed by atoms with Crippen LogP contribution in [0.5, 0.6) is 0 Å². The van der Waals surface area contributed by atoms with E-state index < -0.39 is 5.97 Å². The highest BCUT2D eigenvalue weighted by Gasteiger charge is 2.38. The Morgan fingerprint density at radius 1 is 0.882 bits per heavy atom. The van der Waals surface area contributed by atoms with E-state index in [-0.39, 0.29) is 17.2 Å². The minimum absolute atomic E-state index is 0.110. The van der Waals surface area contributed by atoms with Gasteiger partial charge in [-0.15, -0.1) is 6.58 Å². The quantitative estimate of drug-likeness (QED) is 0.0955. The second-order valence-corrected chi connectivity index (χ2v) is 10.2. The number of carbonyl (C=O) groups is 1. The number of amidine groups is 1. The Morgan fingerprint density at radius 2 is 1.29 bits per heavy atom. The second kappa shape index (κ2) is 19.8. The summed E-state index contributed by atoms with van der Waals surface area (Å²) in [4.78, 5) is 15.6. The third kappa shape index (κ3) is 13.4. The van der Waals surface area contributed by atoms with Crippen LogP contribution < -0.4 is 10.8 Å². The number of nitrogens with two attached hydrogens (primary N) is 1. The van der Waals surface area contributed by atoms with Crippen molar-refractivity contribution in [3.8, 4) is 0 Å². The summed E-state index contributed by atoms with van der Waals surface area (Å²) in [5, 5.41) is 11.2. The smallest absolute Gasteiger partial charge is 0.209 e. The Kier molecular flexibility index (Phi) is 17.8. The van der Waals surface area contributed by atoms with Gasteiger partial charge >= 0.3 is 0 Å². The number of quaternary nitrogens is 1. The average molecular weight is 476 g/mol. The molecule has 1 rings (SSSR count). The lowest BCUT2D eigenvalue weighted by Gasteiger charge is -2.36. The van der Waals surface area contributed by atoms with Crippen LogP contribution in [0.2, 0.25) is 0 Å². The van der Waals surface area contributed by atoms with E-state index in [2.05, 4.69) is 11.6 Å². The number of unbranched alkanes of at least 4 members (excludes halogenated alkanes) is 18. The van der Waals surface area contributed by atoms with Gasteiger partial charge in [-0.25, -0.2) is 9.48 Å². The van der Waals surface area contributed by atoms with Gasteiger partial charge in [-0.3, -0.25) is 5.73 Å². The van der Waals surface area contributed by atoms with Crippen LogP contribution in [-0.4, -0.2) is 29.0 Å². The predicted molar refractivity (Wildman–Crippen MR) is 143 cm³/mol. The fourth-order valence-electron chi connectivity index (χ4n) is 4.98. The molecule has 0 aromatic carbocycles. The molecular formula is C29H53N3O2. The monoisotopic (exact) mass is 475 g/mol. The normalized spacial score (nSPS) is 18.2. The lowest BCUT2D eigenvalue weighted by atomic mass is 10.0. The summed E-state index contributed by atoms with van der Waals surface area (Å²) >= 11 is 0. The van der Waals surface area contributed by atoms with Crippen molar-refractivity contribution < 1.29 is 14.4 Å². The van der Waals surface area contributed by atoms with E-state index in [0.29, 0.717) is 0 Å². The minimum Gasteiger partial charge on any atom is -0.544 e. The molecule has 34 heavy (non-hydrogen) atoms. The molecule has 1 heterocycles. The van der Waals surface area contributed by atoms with Gasteiger partial charge < -0.3 is 9.90 Å². The number of allylic oxidation sites excluding steroid dienone is 1. The van der Waals surface area contributed by atoms with E-state index in [1.165, 1.54) is 109 Å². The van der Waals surface area contributed by atoms with Crippen LogP contribution in [0.15, 0.2) is 30.0 Å². The standard InChI is InChI=1S/C29H53N3O2/c1-3-4-5-6-7-8-9-10-11-12-13-14-15-16-17-18-19-20-21-22-23-28-31-24-25-32(28,27(2)30)26-29(33)34/h3,24-25,27H,1,4-23,26,30H2,2H3. The highest BCUT2D eigenvalue weighted by atomic mass is 16.4. The van der Waals surface area contributed by atoms with Crippen molar-refractivity contribution in [1.82, 2.24) is 0 Å². The molecule has 196 valence electrons. The number of hydrogen-bond acceptors (Lipinski definition) is 4. The maximum Gasteiger partial charge on any atom is 0.209 e. The molecule has 0 bridgehead atoms. The van der Waals surface area contributed by atoms with Crippen LogP contribution in [0.3, 0.4) is 0 Å². The number of carboxylic acids is 1. The number of aliphatic imine (C=N–C) groups is 1. The van der Waals surface area contributed by atoms with Gasteiger partial charge in [0, 0.05) is 13.3 Å². The minimum atomic E-state index is -1.09. The van der Waals surface area contributed by atoms with E-state index in [0.717, 1.165) is 25.1 Å². The van der Waals surface area contributed by atoms with Crippen molar-refractivity contribution >= 4 is 11.8 Å². The molecule has 5 heteroatoms. The van der Waals surface area contributed by atoms with Crippen molar-refractivity contribution in [2.24, 2.45) is 10.7 Å². The maximum atomic E-state index is 11.2. The summed E-state index contributed by atoms with van der Waals surface area (Å²) < 4.78 is 0.110. The van der Waals surface area contributed by atoms with Gasteiger partial charge in [0.2, 0.25) is 5.84 Å². The summed E-state index contributed by atoms with van der Waals surface area (Å²) in [6.07, 6.45) is 31.4. The Bertz CT molecular complexity index is 600. The SMILES string of the molecule is C=CCCCCCCCCCCCCCCCCCCCCC1=NC=C[N+]1(CC(=O)[O-])C(C)N. The molecule has 0 saturated carbocycles. The second-order valence-electron chi connectivity index (χ2n) is 10.2. The Labute approximate surface area is 210 Å². The zero-order valence-electron chi connectivity index (χ0n) is 22.2. The molecule has 5 nitrogen and oxygen atoms in total. The van der Waals surface area contributed by atoms with Gasteiger partial charge in [-0.1, -0.05) is 109 Å². The van der Waals surface area contributed by atoms with E-state index in [4.69, 9.17) is 5.73 Å². The van der Waals surface area contributed by atoms with Gasteiger partial charge in [0.25, 0.3) is 0 Å². The van der Waals surface area contributed by atoms with Gasteiger partial charge in [-0.05, 0) is 19.3 Å². The molecule has 0 spiro atoms. The van der Waals surface area contributed by atoms with Crippen molar-refractivity contribution in [3.63, 3.8) is 0 Å². The number of nitrogens with zero attached hydrogens (tertiary/aromatic N) is 2. The van der Waals surface area contributed by atoms with E-state index in [1.807, 2.05) is 13.0 Å². The first-order valence-electron chi connectivity index (χ1n) is 14.2. The molecule has 0 fully saturated rings. The molecule has 2 atom stereocenters. The highest BCUT2D eigenvalue weighted by molar-refractivity contribution is 5.81. The van der Waals surface area contributed by atoms with Gasteiger partial charge in [-0.2, -0.15) is 0 Å². The Hall–Kier alpha value is -1.46. The molecule has 0 aliphatic carbocycles. The molecule has 2 unspecified atom stereocenters. The maximum absolute atomic E-state index is 11.2. The van der Waals surface area contributed by atoms with Crippen LogP contribution in [-0.2, 0) is 4.79 Å². The van der Waals surface area contributed by atoms with Crippen LogP contribution in [0.1, 0.15) is 135 Å². The fourth-order valence-corrected chi connectivity index (χ4v) is 4.98. The molecule has 0 amide bonds. The lowest BCUT2D eigenvalue weighted by molar-refractivity contribution is -0.808. The van der Waals surface area contributed by atoms with E-state index in [9.17, 15) is 9.90 Å². The van der Waals surface area contributed by atoms with Crippen LogP contribution in [0, 0.1) is 0 Å². The van der Waals surface area contributed by atoms with Gasteiger partial charge in [0.1, 0.15) is 18.9 Å². The van der Waals surface area contributed by atoms with Crippen LogP contribution in [0.4, 0.5) is 0 Å². The Morgan fingerprint density at radius 3 is 1.68 bits per heavy atom. The third-order valence-corrected chi connectivity index (χ3v) is 7.21. The fraction of sp³-hybridized carbons (Fsp3) is 0.793. The highest BCUT2D eigenvalue weighted by Crippen LogP contribution is 2.23. The Balaban J connectivity index is 1.88. The summed E-state index contributed by atoms with van der Waals surface area (Å²) in [5.74, 6) is -0.226. The molecule has 1 aliphatic heterocycles. The first-order valence-corrected chi connectivity index (χ1v) is 14.2. The van der Waals surface area contributed by atoms with E-state index in [1.54, 1.807) is 12.4 Å². The number of hydrogen-bond donors (Lipinski definition) is 1. The molecule has 0 radical (unpaired) electrons. The van der Waals surface area contributed by atoms with Crippen molar-refractivity contribution in [3.05, 3.63) is 25.1 Å². The topological polar surface area (TPSA) is 78.5 Å². The summed E-state index contributed by atoms with van der Waals surface area (Å²) in [5.41, 5.74) is 6.10. The van der Waals surface area contributed by atoms with Crippen molar-refractivity contribution in [1.29, 1.82) is 0 Å². The number of carbonyl (C=O) groups excluding carboxylic acids is 1. The largest absolute Gasteiger partial charge is 0.544 e. The van der Waals surface area contributed by atoms with Crippen LogP contribution in [0.25, 0.3) is 0 Å². The summed E-state index contributed by atoms with van der Waals surface area (Å²) in [6, 6.07) is 0. The lowest BCUT2D eigenvalue weighted by Crippen LogP contribution is -2.60. The van der Waals surface area contributed by atoms with Crippen LogP contribution >= 0.6 is 0 Å². The van der Waals surface area contributed by atoms with Crippen molar-refractivity contribution in [2.75, 3.05) is 6.54 Å². The van der Waals surface area contributed by atoms with Gasteiger partial charge in [0.05, 0.1) is 12.2 Å². The third-order valence-electron chi connectivity index (χ3n) is 7.21. The molecule has 2 N–H and O–H groups in total. The first-order chi connectivity index (χ1) is 16.5. The number of rotatable bonds is 24. The number of carboxylic acid groups (broad SMARTS) is 1. The molecule has 0 aromatic heterocycles. The first kappa shape index (κ1) is 30.6. The van der Waals surface area contributed by atoms with E-state index >= 15 is 0 Å². The van der Waals surface area contributed by atoms with Gasteiger partial charge in [0.15, 0.2) is 0 Å². The zero-order valence-corrected chi connectivity index (χ0v) is 22.2. The summed E-state index contributed by atoms with van der Waals surface area (Å²) in [7, 11) is 0. The molecular weight excluding hydrogens is 422 g/mol. The summed E-state index contributed by atoms with van der Waals surface area (Å²) in [6.45, 7) is 5.48. The molecule has 1 aliphatic rings. The molecule has 0 saturated heterocycles. The predicted octanol–water partition coefficient (Wildman–Crippen LogP) is 6.73. The number of aliphatic carboxylic acids is 1. The average Bonchev–Trinajstić information content (AvgIpc) is 3.20. The van der Waals surface area contributed by atoms with Crippen molar-refractivity contribution in [2.45, 2.75) is 142 Å².